The quantitative estimate of drug-likeness (QED) is 0.900. The first kappa shape index (κ1) is 12.8. The molecule has 1 aromatic rings. The van der Waals surface area contributed by atoms with Crippen molar-refractivity contribution in [1.29, 1.82) is 0 Å². The van der Waals surface area contributed by atoms with Gasteiger partial charge in [0, 0.05) is 16.5 Å². The van der Waals surface area contributed by atoms with Crippen molar-refractivity contribution in [1.82, 2.24) is 0 Å². The van der Waals surface area contributed by atoms with E-state index in [4.69, 9.17) is 11.6 Å². The first-order chi connectivity index (χ1) is 7.89. The fraction of sp³-hybridized carbons (Fsp3) is 0.455. The summed E-state index contributed by atoms with van der Waals surface area (Å²) in [7, 11) is -3.09. The SMILES string of the molecule is O=S1(=O)CCC(C(O)c2cc(Cl)ccc2F)C1. The molecule has 1 aromatic carbocycles. The van der Waals surface area contributed by atoms with E-state index in [2.05, 4.69) is 0 Å². The van der Waals surface area contributed by atoms with E-state index in [0.29, 0.717) is 11.4 Å². The van der Waals surface area contributed by atoms with Gasteiger partial charge in [-0.25, -0.2) is 12.8 Å². The monoisotopic (exact) mass is 278 g/mol. The summed E-state index contributed by atoms with van der Waals surface area (Å²) in [5.74, 6) is -1.06. The van der Waals surface area contributed by atoms with Gasteiger partial charge in [-0.1, -0.05) is 11.6 Å². The van der Waals surface area contributed by atoms with Crippen molar-refractivity contribution in [3.63, 3.8) is 0 Å². The number of aliphatic hydroxyl groups is 1. The maximum absolute atomic E-state index is 13.5. The summed E-state index contributed by atoms with van der Waals surface area (Å²) in [6.45, 7) is 0. The van der Waals surface area contributed by atoms with Crippen LogP contribution in [0, 0.1) is 11.7 Å². The van der Waals surface area contributed by atoms with Gasteiger partial charge in [0.05, 0.1) is 17.6 Å². The van der Waals surface area contributed by atoms with Crippen LogP contribution >= 0.6 is 11.6 Å². The standard InChI is InChI=1S/C11H12ClFO3S/c12-8-1-2-10(13)9(5-8)11(14)7-3-4-17(15,16)6-7/h1-2,5,7,11,14H,3-4,6H2. The van der Waals surface area contributed by atoms with Crippen LogP contribution in [0.5, 0.6) is 0 Å². The predicted molar refractivity (Wildman–Crippen MR) is 63.1 cm³/mol. The van der Waals surface area contributed by atoms with Gasteiger partial charge in [-0.3, -0.25) is 0 Å². The lowest BCUT2D eigenvalue weighted by atomic mass is 9.95. The molecule has 0 spiro atoms. The van der Waals surface area contributed by atoms with Gasteiger partial charge >= 0.3 is 0 Å². The van der Waals surface area contributed by atoms with E-state index in [0.717, 1.165) is 0 Å². The highest BCUT2D eigenvalue weighted by molar-refractivity contribution is 7.91. The van der Waals surface area contributed by atoms with Crippen molar-refractivity contribution < 1.29 is 17.9 Å². The molecule has 1 saturated heterocycles. The van der Waals surface area contributed by atoms with E-state index in [1.807, 2.05) is 0 Å². The molecule has 2 rings (SSSR count). The van der Waals surface area contributed by atoms with E-state index < -0.39 is 27.7 Å². The number of aliphatic hydroxyl groups excluding tert-OH is 1. The molecule has 0 saturated carbocycles. The molecule has 1 aliphatic heterocycles. The molecule has 1 aliphatic rings. The van der Waals surface area contributed by atoms with Crippen molar-refractivity contribution >= 4 is 21.4 Å². The lowest BCUT2D eigenvalue weighted by Gasteiger charge is -2.17. The van der Waals surface area contributed by atoms with Gasteiger partial charge in [0.2, 0.25) is 0 Å². The summed E-state index contributed by atoms with van der Waals surface area (Å²) in [4.78, 5) is 0. The van der Waals surface area contributed by atoms with E-state index in [1.54, 1.807) is 0 Å². The summed E-state index contributed by atoms with van der Waals surface area (Å²) in [5, 5.41) is 10.3. The zero-order chi connectivity index (χ0) is 12.6. The van der Waals surface area contributed by atoms with E-state index >= 15 is 0 Å². The fourth-order valence-electron chi connectivity index (χ4n) is 2.07. The summed E-state index contributed by atoms with van der Waals surface area (Å²) in [6, 6.07) is 3.90. The van der Waals surface area contributed by atoms with Crippen molar-refractivity contribution in [3.8, 4) is 0 Å². The molecule has 1 heterocycles. The second-order valence-electron chi connectivity index (χ2n) is 4.27. The Morgan fingerprint density at radius 3 is 2.76 bits per heavy atom. The Bertz CT molecular complexity index is 530. The zero-order valence-corrected chi connectivity index (χ0v) is 10.5. The molecule has 94 valence electrons. The van der Waals surface area contributed by atoms with Crippen LogP contribution in [-0.4, -0.2) is 25.0 Å². The highest BCUT2D eigenvalue weighted by Gasteiger charge is 2.34. The van der Waals surface area contributed by atoms with Gasteiger partial charge in [-0.15, -0.1) is 0 Å². The summed E-state index contributed by atoms with van der Waals surface area (Å²) in [5.41, 5.74) is 0.0691. The normalized spacial score (nSPS) is 24.8. The van der Waals surface area contributed by atoms with Crippen LogP contribution in [0.2, 0.25) is 5.02 Å². The molecule has 0 aromatic heterocycles. The first-order valence-electron chi connectivity index (χ1n) is 5.22. The van der Waals surface area contributed by atoms with E-state index in [-0.39, 0.29) is 17.1 Å². The van der Waals surface area contributed by atoms with Crippen LogP contribution in [0.25, 0.3) is 0 Å². The molecule has 0 aliphatic carbocycles. The van der Waals surface area contributed by atoms with Gasteiger partial charge in [-0.05, 0) is 24.6 Å². The maximum atomic E-state index is 13.5. The first-order valence-corrected chi connectivity index (χ1v) is 7.42. The number of benzene rings is 1. The van der Waals surface area contributed by atoms with Gasteiger partial charge in [-0.2, -0.15) is 0 Å². The molecule has 17 heavy (non-hydrogen) atoms. The Hall–Kier alpha value is -0.650. The topological polar surface area (TPSA) is 54.4 Å². The summed E-state index contributed by atoms with van der Waals surface area (Å²) >= 11 is 5.73. The molecule has 0 amide bonds. The lowest BCUT2D eigenvalue weighted by molar-refractivity contribution is 0.117. The van der Waals surface area contributed by atoms with Crippen LogP contribution in [0.15, 0.2) is 18.2 Å². The molecule has 2 unspecified atom stereocenters. The molecule has 1 fully saturated rings. The van der Waals surface area contributed by atoms with Crippen molar-refractivity contribution in [2.75, 3.05) is 11.5 Å². The van der Waals surface area contributed by atoms with Gasteiger partial charge in [0.1, 0.15) is 5.82 Å². The number of halogens is 2. The predicted octanol–water partition coefficient (Wildman–Crippen LogP) is 1.95. The highest BCUT2D eigenvalue weighted by Crippen LogP contribution is 2.33. The van der Waals surface area contributed by atoms with E-state index in [1.165, 1.54) is 18.2 Å². The van der Waals surface area contributed by atoms with Crippen LogP contribution in [0.1, 0.15) is 18.1 Å². The molecule has 3 nitrogen and oxygen atoms in total. The molecule has 6 heteroatoms. The van der Waals surface area contributed by atoms with Crippen LogP contribution < -0.4 is 0 Å². The number of hydrogen-bond donors (Lipinski definition) is 1. The zero-order valence-electron chi connectivity index (χ0n) is 8.94. The van der Waals surface area contributed by atoms with Crippen molar-refractivity contribution in [3.05, 3.63) is 34.6 Å². The minimum Gasteiger partial charge on any atom is -0.388 e. The molecule has 0 bridgehead atoms. The maximum Gasteiger partial charge on any atom is 0.150 e. The highest BCUT2D eigenvalue weighted by atomic mass is 35.5. The number of rotatable bonds is 2. The van der Waals surface area contributed by atoms with Gasteiger partial charge in [0.25, 0.3) is 0 Å². The fourth-order valence-corrected chi connectivity index (χ4v) is 4.08. The second-order valence-corrected chi connectivity index (χ2v) is 6.94. The second kappa shape index (κ2) is 4.55. The van der Waals surface area contributed by atoms with Crippen molar-refractivity contribution in [2.24, 2.45) is 5.92 Å². The third-order valence-electron chi connectivity index (χ3n) is 2.99. The third kappa shape index (κ3) is 2.78. The molecular weight excluding hydrogens is 267 g/mol. The average Bonchev–Trinajstić information content (AvgIpc) is 2.61. The van der Waals surface area contributed by atoms with Crippen LogP contribution in [0.4, 0.5) is 4.39 Å². The van der Waals surface area contributed by atoms with Crippen LogP contribution in [0.3, 0.4) is 0 Å². The summed E-state index contributed by atoms with van der Waals surface area (Å²) in [6.07, 6.45) is -0.763. The Kier molecular flexibility index (Phi) is 3.43. The Morgan fingerprint density at radius 2 is 2.18 bits per heavy atom. The van der Waals surface area contributed by atoms with Gasteiger partial charge < -0.3 is 5.11 Å². The smallest absolute Gasteiger partial charge is 0.150 e. The largest absolute Gasteiger partial charge is 0.388 e. The average molecular weight is 279 g/mol. The van der Waals surface area contributed by atoms with E-state index in [9.17, 15) is 17.9 Å². The summed E-state index contributed by atoms with van der Waals surface area (Å²) < 4.78 is 36.1. The molecular formula is C11H12ClFO3S. The Balaban J connectivity index is 2.26. The molecule has 2 atom stereocenters. The lowest BCUT2D eigenvalue weighted by Crippen LogP contribution is -2.15. The number of sulfone groups is 1. The number of hydrogen-bond acceptors (Lipinski definition) is 3. The minimum atomic E-state index is -3.09. The third-order valence-corrected chi connectivity index (χ3v) is 5.02. The molecule has 1 N–H and O–H groups in total. The molecule has 0 radical (unpaired) electrons. The van der Waals surface area contributed by atoms with Crippen LogP contribution in [-0.2, 0) is 9.84 Å². The minimum absolute atomic E-state index is 0.0525. The Morgan fingerprint density at radius 1 is 1.47 bits per heavy atom. The Labute approximate surface area is 104 Å². The van der Waals surface area contributed by atoms with Crippen molar-refractivity contribution in [2.45, 2.75) is 12.5 Å². The van der Waals surface area contributed by atoms with Gasteiger partial charge in [0.15, 0.2) is 9.84 Å².